The molecule has 0 spiro atoms. The Balaban J connectivity index is 2.91. The molecule has 0 amide bonds. The summed E-state index contributed by atoms with van der Waals surface area (Å²) in [6.07, 6.45) is 6.96. The molecule has 0 fully saturated rings. The number of hydrogen-bond donors (Lipinski definition) is 2. The lowest BCUT2D eigenvalue weighted by Gasteiger charge is -2.06. The minimum atomic E-state index is -0.230. The summed E-state index contributed by atoms with van der Waals surface area (Å²) in [4.78, 5) is 11.8. The number of nitrogens with one attached hydrogen (secondary N) is 1. The fourth-order valence-corrected chi connectivity index (χ4v) is 1.34. The van der Waals surface area contributed by atoms with Crippen molar-refractivity contribution in [2.45, 2.75) is 19.4 Å². The molecule has 0 aromatic carbocycles. The Kier molecular flexibility index (Phi) is 4.78. The van der Waals surface area contributed by atoms with Gasteiger partial charge in [0.1, 0.15) is 0 Å². The fourth-order valence-electron chi connectivity index (χ4n) is 1.34. The average molecular weight is 238 g/mol. The van der Waals surface area contributed by atoms with Crippen LogP contribution in [0.1, 0.15) is 18.9 Å². The SMILES string of the molecule is CNC(C)C/C=C/c1cn(O)cc(OC)c1=O. The van der Waals surface area contributed by atoms with E-state index < -0.39 is 0 Å². The van der Waals surface area contributed by atoms with Crippen LogP contribution < -0.4 is 15.5 Å². The number of nitrogens with zero attached hydrogens (tertiary/aromatic N) is 1. The maximum Gasteiger partial charge on any atom is 0.230 e. The zero-order valence-corrected chi connectivity index (χ0v) is 10.3. The van der Waals surface area contributed by atoms with Gasteiger partial charge in [0.15, 0.2) is 5.75 Å². The summed E-state index contributed by atoms with van der Waals surface area (Å²) in [5, 5.41) is 12.4. The summed E-state index contributed by atoms with van der Waals surface area (Å²) < 4.78 is 5.70. The van der Waals surface area contributed by atoms with Crippen LogP contribution in [-0.2, 0) is 0 Å². The van der Waals surface area contributed by atoms with E-state index in [-0.39, 0.29) is 11.2 Å². The van der Waals surface area contributed by atoms with Gasteiger partial charge in [-0.3, -0.25) is 4.79 Å². The second kappa shape index (κ2) is 6.10. The molecule has 0 radical (unpaired) electrons. The Morgan fingerprint density at radius 2 is 2.29 bits per heavy atom. The Hall–Kier alpha value is -1.75. The minimum absolute atomic E-state index is 0.122. The Bertz CT molecular complexity index is 452. The van der Waals surface area contributed by atoms with Gasteiger partial charge in [0.05, 0.1) is 19.5 Å². The van der Waals surface area contributed by atoms with E-state index in [4.69, 9.17) is 4.74 Å². The molecule has 1 heterocycles. The van der Waals surface area contributed by atoms with Crippen LogP contribution in [0.5, 0.6) is 5.75 Å². The summed E-state index contributed by atoms with van der Waals surface area (Å²) in [7, 11) is 3.28. The smallest absolute Gasteiger partial charge is 0.230 e. The predicted octanol–water partition coefficient (Wildman–Crippen LogP) is 1.11. The van der Waals surface area contributed by atoms with E-state index in [1.54, 1.807) is 6.08 Å². The molecule has 0 aliphatic carbocycles. The van der Waals surface area contributed by atoms with Crippen molar-refractivity contribution in [2.75, 3.05) is 14.2 Å². The van der Waals surface area contributed by atoms with Crippen LogP contribution in [0.25, 0.3) is 6.08 Å². The number of rotatable bonds is 5. The molecule has 5 heteroatoms. The van der Waals surface area contributed by atoms with Gasteiger partial charge in [-0.2, -0.15) is 4.73 Å². The third-order valence-corrected chi connectivity index (χ3v) is 2.51. The van der Waals surface area contributed by atoms with E-state index in [1.165, 1.54) is 19.5 Å². The highest BCUT2D eigenvalue weighted by Crippen LogP contribution is 2.06. The van der Waals surface area contributed by atoms with Crippen LogP contribution in [0, 0.1) is 0 Å². The van der Waals surface area contributed by atoms with Crippen molar-refractivity contribution >= 4 is 6.08 Å². The van der Waals surface area contributed by atoms with Gasteiger partial charge in [0.25, 0.3) is 0 Å². The number of hydrogen-bond acceptors (Lipinski definition) is 4. The lowest BCUT2D eigenvalue weighted by molar-refractivity contribution is 0.180. The quantitative estimate of drug-likeness (QED) is 0.754. The van der Waals surface area contributed by atoms with E-state index >= 15 is 0 Å². The van der Waals surface area contributed by atoms with E-state index in [0.717, 1.165) is 11.2 Å². The molecule has 5 nitrogen and oxygen atoms in total. The van der Waals surface area contributed by atoms with Gasteiger partial charge in [-0.1, -0.05) is 12.2 Å². The second-order valence-corrected chi connectivity index (χ2v) is 3.82. The molecule has 1 rings (SSSR count). The molecule has 1 aromatic heterocycles. The molecule has 0 saturated heterocycles. The summed E-state index contributed by atoms with van der Waals surface area (Å²) >= 11 is 0. The van der Waals surface area contributed by atoms with Gasteiger partial charge >= 0.3 is 0 Å². The largest absolute Gasteiger partial charge is 0.491 e. The Morgan fingerprint density at radius 3 is 2.88 bits per heavy atom. The van der Waals surface area contributed by atoms with Crippen LogP contribution in [0.2, 0.25) is 0 Å². The molecule has 0 bridgehead atoms. The fraction of sp³-hybridized carbons (Fsp3) is 0.417. The topological polar surface area (TPSA) is 63.5 Å². The molecular weight excluding hydrogens is 220 g/mol. The summed E-state index contributed by atoms with van der Waals surface area (Å²) in [5.41, 5.74) is 0.168. The lowest BCUT2D eigenvalue weighted by Crippen LogP contribution is -2.19. The molecule has 1 atom stereocenters. The summed E-state index contributed by atoms with van der Waals surface area (Å²) in [6, 6.07) is 0.341. The first kappa shape index (κ1) is 13.3. The van der Waals surface area contributed by atoms with Crippen molar-refractivity contribution in [1.82, 2.24) is 10.0 Å². The number of ether oxygens (including phenoxy) is 1. The molecule has 0 aliphatic heterocycles. The first-order chi connectivity index (χ1) is 8.08. The summed E-state index contributed by atoms with van der Waals surface area (Å²) in [6.45, 7) is 2.04. The van der Waals surface area contributed by atoms with Crippen molar-refractivity contribution in [3.8, 4) is 5.75 Å². The first-order valence-corrected chi connectivity index (χ1v) is 5.41. The molecule has 94 valence electrons. The van der Waals surface area contributed by atoms with Crippen LogP contribution in [-0.4, -0.2) is 30.1 Å². The number of aromatic nitrogens is 1. The average Bonchev–Trinajstić information content (AvgIpc) is 2.32. The monoisotopic (exact) mass is 238 g/mol. The van der Waals surface area contributed by atoms with Gasteiger partial charge in [0.2, 0.25) is 5.43 Å². The molecule has 0 saturated carbocycles. The van der Waals surface area contributed by atoms with Crippen molar-refractivity contribution in [3.63, 3.8) is 0 Å². The normalized spacial score (nSPS) is 12.9. The van der Waals surface area contributed by atoms with Gasteiger partial charge in [-0.05, 0) is 20.4 Å². The molecule has 0 aliphatic rings. The minimum Gasteiger partial charge on any atom is -0.491 e. The van der Waals surface area contributed by atoms with Crippen LogP contribution in [0.3, 0.4) is 0 Å². The van der Waals surface area contributed by atoms with Gasteiger partial charge in [0, 0.05) is 11.6 Å². The van der Waals surface area contributed by atoms with E-state index in [2.05, 4.69) is 5.32 Å². The van der Waals surface area contributed by atoms with Crippen LogP contribution >= 0.6 is 0 Å². The molecule has 1 aromatic rings. The van der Waals surface area contributed by atoms with Crippen LogP contribution in [0.4, 0.5) is 0 Å². The third kappa shape index (κ3) is 3.64. The Labute approximate surface area is 100 Å². The maximum atomic E-state index is 11.8. The first-order valence-electron chi connectivity index (χ1n) is 5.41. The highest BCUT2D eigenvalue weighted by atomic mass is 16.5. The number of methoxy groups -OCH3 is 1. The number of pyridine rings is 1. The lowest BCUT2D eigenvalue weighted by atomic mass is 10.2. The van der Waals surface area contributed by atoms with Crippen LogP contribution in [0.15, 0.2) is 23.3 Å². The zero-order chi connectivity index (χ0) is 12.8. The second-order valence-electron chi connectivity index (χ2n) is 3.82. The standard InChI is InChI=1S/C12H18N2O3/c1-9(13-2)5-4-6-10-7-14(16)8-11(17-3)12(10)15/h4,6-9,13,16H,5H2,1-3H3/b6-4+. The third-order valence-electron chi connectivity index (χ3n) is 2.51. The van der Waals surface area contributed by atoms with Crippen molar-refractivity contribution in [3.05, 3.63) is 34.3 Å². The molecule has 17 heavy (non-hydrogen) atoms. The van der Waals surface area contributed by atoms with E-state index in [9.17, 15) is 10.0 Å². The van der Waals surface area contributed by atoms with E-state index in [1.807, 2.05) is 20.0 Å². The highest BCUT2D eigenvalue weighted by Gasteiger charge is 2.05. The van der Waals surface area contributed by atoms with Gasteiger partial charge < -0.3 is 15.3 Å². The summed E-state index contributed by atoms with van der Waals surface area (Å²) in [5.74, 6) is 0.122. The van der Waals surface area contributed by atoms with Gasteiger partial charge in [-0.25, -0.2) is 0 Å². The zero-order valence-electron chi connectivity index (χ0n) is 10.3. The predicted molar refractivity (Wildman–Crippen MR) is 66.6 cm³/mol. The highest BCUT2D eigenvalue weighted by molar-refractivity contribution is 5.50. The molecular formula is C12H18N2O3. The molecule has 1 unspecified atom stereocenters. The van der Waals surface area contributed by atoms with Crippen molar-refractivity contribution in [1.29, 1.82) is 0 Å². The molecule has 2 N–H and O–H groups in total. The van der Waals surface area contributed by atoms with Gasteiger partial charge in [-0.15, -0.1) is 0 Å². The van der Waals surface area contributed by atoms with E-state index in [0.29, 0.717) is 11.6 Å². The Morgan fingerprint density at radius 1 is 1.59 bits per heavy atom. The van der Waals surface area contributed by atoms with Crippen molar-refractivity contribution < 1.29 is 9.94 Å². The maximum absolute atomic E-state index is 11.8. The van der Waals surface area contributed by atoms with Crippen molar-refractivity contribution in [2.24, 2.45) is 0 Å².